The first kappa shape index (κ1) is 10.9. The summed E-state index contributed by atoms with van der Waals surface area (Å²) in [7, 11) is 0. The van der Waals surface area contributed by atoms with E-state index in [2.05, 4.69) is 19.9 Å². The van der Waals surface area contributed by atoms with Crippen LogP contribution in [0.25, 0.3) is 0 Å². The Balaban J connectivity index is 2.19. The number of rotatable bonds is 3. The summed E-state index contributed by atoms with van der Waals surface area (Å²) < 4.78 is 5.04. The predicted molar refractivity (Wildman–Crippen MR) is 63.3 cm³/mol. The van der Waals surface area contributed by atoms with Crippen LogP contribution in [0.2, 0.25) is 0 Å². The fourth-order valence-corrected chi connectivity index (χ4v) is 1.98. The molecule has 0 unspecified atom stereocenters. The van der Waals surface area contributed by atoms with Crippen LogP contribution in [0.1, 0.15) is 41.8 Å². The molecular weight excluding hydrogens is 200 g/mol. The summed E-state index contributed by atoms with van der Waals surface area (Å²) in [6.45, 7) is 4.61. The van der Waals surface area contributed by atoms with Crippen molar-refractivity contribution in [2.45, 2.75) is 33.3 Å². The number of aryl methyl sites for hydroxylation is 1. The van der Waals surface area contributed by atoms with E-state index in [1.807, 2.05) is 18.2 Å². The van der Waals surface area contributed by atoms with Crippen LogP contribution >= 0.6 is 0 Å². The van der Waals surface area contributed by atoms with Crippen molar-refractivity contribution in [1.29, 1.82) is 0 Å². The monoisotopic (exact) mass is 216 g/mol. The molecule has 1 aliphatic rings. The van der Waals surface area contributed by atoms with E-state index in [0.29, 0.717) is 6.61 Å². The van der Waals surface area contributed by atoms with Gasteiger partial charge in [0.15, 0.2) is 0 Å². The van der Waals surface area contributed by atoms with E-state index in [0.717, 1.165) is 29.5 Å². The van der Waals surface area contributed by atoms with E-state index in [1.54, 1.807) is 0 Å². The Morgan fingerprint density at radius 2 is 2.25 bits per heavy atom. The Hall–Kier alpha value is -1.57. The lowest BCUT2D eigenvalue weighted by atomic mass is 9.99. The zero-order chi connectivity index (χ0) is 11.5. The lowest BCUT2D eigenvalue weighted by Gasteiger charge is -2.03. The lowest BCUT2D eigenvalue weighted by molar-refractivity contribution is 0.0534. The summed E-state index contributed by atoms with van der Waals surface area (Å²) in [5.41, 5.74) is 4.25. The van der Waals surface area contributed by atoms with Gasteiger partial charge in [-0.05, 0) is 32.3 Å². The Labute approximate surface area is 95.9 Å². The lowest BCUT2D eigenvalue weighted by Crippen LogP contribution is -2.00. The van der Waals surface area contributed by atoms with Gasteiger partial charge in [0.2, 0.25) is 0 Å². The van der Waals surface area contributed by atoms with Crippen LogP contribution in [0.15, 0.2) is 29.8 Å². The molecule has 0 spiro atoms. The minimum absolute atomic E-state index is 0.164. The number of allylic oxidation sites excluding steroid dienone is 2. The molecule has 2 nitrogen and oxygen atoms in total. The van der Waals surface area contributed by atoms with Crippen LogP contribution in [-0.4, -0.2) is 5.97 Å². The molecule has 1 aliphatic heterocycles. The van der Waals surface area contributed by atoms with Crippen molar-refractivity contribution in [3.63, 3.8) is 0 Å². The Bertz CT molecular complexity index is 440. The molecule has 0 saturated heterocycles. The minimum Gasteiger partial charge on any atom is -0.457 e. The Morgan fingerprint density at radius 3 is 3.00 bits per heavy atom. The predicted octanol–water partition coefficient (Wildman–Crippen LogP) is 3.26. The number of carbonyl (C=O) groups excluding carboxylic acids is 1. The number of fused-ring (bicyclic) bond motifs is 1. The molecule has 84 valence electrons. The maximum absolute atomic E-state index is 11.5. The van der Waals surface area contributed by atoms with Gasteiger partial charge < -0.3 is 4.74 Å². The SMILES string of the molecule is CC(C)=CCCc1cccc2c1C(=O)OC2. The number of cyclic esters (lactones) is 1. The number of hydrogen-bond acceptors (Lipinski definition) is 2. The van der Waals surface area contributed by atoms with Gasteiger partial charge in [-0.3, -0.25) is 0 Å². The van der Waals surface area contributed by atoms with E-state index in [9.17, 15) is 4.79 Å². The second kappa shape index (κ2) is 4.52. The standard InChI is InChI=1S/C14H16O2/c1-10(2)5-3-6-11-7-4-8-12-9-16-14(15)13(11)12/h4-5,7-8H,3,6,9H2,1-2H3. The van der Waals surface area contributed by atoms with Crippen LogP contribution in [0.4, 0.5) is 0 Å². The van der Waals surface area contributed by atoms with E-state index in [4.69, 9.17) is 4.74 Å². The highest BCUT2D eigenvalue weighted by molar-refractivity contribution is 5.94. The summed E-state index contributed by atoms with van der Waals surface area (Å²) in [6.07, 6.45) is 4.08. The highest BCUT2D eigenvalue weighted by atomic mass is 16.5. The molecule has 2 rings (SSSR count). The molecule has 0 N–H and O–H groups in total. The largest absolute Gasteiger partial charge is 0.457 e. The van der Waals surface area contributed by atoms with Crippen molar-refractivity contribution >= 4 is 5.97 Å². The van der Waals surface area contributed by atoms with E-state index >= 15 is 0 Å². The van der Waals surface area contributed by atoms with Gasteiger partial charge in [-0.1, -0.05) is 29.8 Å². The quantitative estimate of drug-likeness (QED) is 0.572. The van der Waals surface area contributed by atoms with E-state index in [-0.39, 0.29) is 5.97 Å². The van der Waals surface area contributed by atoms with Gasteiger partial charge in [-0.25, -0.2) is 4.79 Å². The van der Waals surface area contributed by atoms with Gasteiger partial charge >= 0.3 is 5.97 Å². The van der Waals surface area contributed by atoms with Crippen molar-refractivity contribution < 1.29 is 9.53 Å². The summed E-state index contributed by atoms with van der Waals surface area (Å²) >= 11 is 0. The number of hydrogen-bond donors (Lipinski definition) is 0. The fraction of sp³-hybridized carbons (Fsp3) is 0.357. The van der Waals surface area contributed by atoms with Gasteiger partial charge in [0.05, 0.1) is 5.56 Å². The van der Waals surface area contributed by atoms with Gasteiger partial charge in [-0.2, -0.15) is 0 Å². The van der Waals surface area contributed by atoms with Crippen molar-refractivity contribution in [3.05, 3.63) is 46.5 Å². The van der Waals surface area contributed by atoms with Crippen molar-refractivity contribution in [1.82, 2.24) is 0 Å². The number of carbonyl (C=O) groups is 1. The van der Waals surface area contributed by atoms with Gasteiger partial charge in [-0.15, -0.1) is 0 Å². The maximum Gasteiger partial charge on any atom is 0.339 e. The molecule has 1 aromatic carbocycles. The molecule has 0 radical (unpaired) electrons. The molecule has 0 amide bonds. The molecule has 0 fully saturated rings. The molecule has 0 aromatic heterocycles. The third-order valence-electron chi connectivity index (χ3n) is 2.77. The second-order valence-electron chi connectivity index (χ2n) is 4.35. The normalized spacial score (nSPS) is 13.2. The zero-order valence-corrected chi connectivity index (χ0v) is 9.75. The smallest absolute Gasteiger partial charge is 0.339 e. The van der Waals surface area contributed by atoms with Crippen molar-refractivity contribution in [2.24, 2.45) is 0 Å². The van der Waals surface area contributed by atoms with Gasteiger partial charge in [0.25, 0.3) is 0 Å². The Morgan fingerprint density at radius 1 is 1.44 bits per heavy atom. The third-order valence-corrected chi connectivity index (χ3v) is 2.77. The van der Waals surface area contributed by atoms with E-state index < -0.39 is 0 Å². The van der Waals surface area contributed by atoms with Crippen LogP contribution in [-0.2, 0) is 17.8 Å². The minimum atomic E-state index is -0.164. The first-order valence-electron chi connectivity index (χ1n) is 5.59. The van der Waals surface area contributed by atoms with Crippen LogP contribution in [0.3, 0.4) is 0 Å². The van der Waals surface area contributed by atoms with Crippen molar-refractivity contribution in [2.75, 3.05) is 0 Å². The summed E-state index contributed by atoms with van der Waals surface area (Å²) in [6, 6.07) is 5.98. The van der Waals surface area contributed by atoms with Crippen LogP contribution < -0.4 is 0 Å². The molecule has 0 saturated carbocycles. The van der Waals surface area contributed by atoms with E-state index in [1.165, 1.54) is 5.57 Å². The highest BCUT2D eigenvalue weighted by Crippen LogP contribution is 2.24. The summed E-state index contributed by atoms with van der Waals surface area (Å²) in [5, 5.41) is 0. The molecular formula is C14H16O2. The van der Waals surface area contributed by atoms with Crippen LogP contribution in [0.5, 0.6) is 0 Å². The highest BCUT2D eigenvalue weighted by Gasteiger charge is 2.23. The van der Waals surface area contributed by atoms with Gasteiger partial charge in [0, 0.05) is 5.56 Å². The zero-order valence-electron chi connectivity index (χ0n) is 9.75. The summed E-state index contributed by atoms with van der Waals surface area (Å²) in [4.78, 5) is 11.5. The third kappa shape index (κ3) is 2.16. The molecule has 1 heterocycles. The molecule has 2 heteroatoms. The second-order valence-corrected chi connectivity index (χ2v) is 4.35. The first-order chi connectivity index (χ1) is 7.68. The average Bonchev–Trinajstić information content (AvgIpc) is 2.61. The molecule has 16 heavy (non-hydrogen) atoms. The molecule has 0 bridgehead atoms. The van der Waals surface area contributed by atoms with Gasteiger partial charge in [0.1, 0.15) is 6.61 Å². The number of benzene rings is 1. The average molecular weight is 216 g/mol. The first-order valence-corrected chi connectivity index (χ1v) is 5.59. The number of ether oxygens (including phenoxy) is 1. The molecule has 0 aliphatic carbocycles. The van der Waals surface area contributed by atoms with Crippen LogP contribution in [0, 0.1) is 0 Å². The number of esters is 1. The maximum atomic E-state index is 11.5. The molecule has 1 aromatic rings. The molecule has 0 atom stereocenters. The van der Waals surface area contributed by atoms with Crippen molar-refractivity contribution in [3.8, 4) is 0 Å². The summed E-state index contributed by atoms with van der Waals surface area (Å²) in [5.74, 6) is -0.164. The topological polar surface area (TPSA) is 26.3 Å². The fourth-order valence-electron chi connectivity index (χ4n) is 1.98. The Kier molecular flexibility index (Phi) is 3.09.